The number of hydrogen-bond acceptors (Lipinski definition) is 8. The normalized spacial score (nSPS) is 9.98. The van der Waals surface area contributed by atoms with Crippen LogP contribution >= 0.6 is 0 Å². The van der Waals surface area contributed by atoms with Crippen LogP contribution in [0.15, 0.2) is 456 Å². The molecule has 0 unspecified atom stereocenters. The van der Waals surface area contributed by atoms with E-state index in [-0.39, 0.29) is 80.4 Å². The van der Waals surface area contributed by atoms with Gasteiger partial charge in [0, 0.05) is 130 Å². The average molecular weight is 2450 g/mol. The summed E-state index contributed by atoms with van der Waals surface area (Å²) in [4.78, 5) is 35.0. The van der Waals surface area contributed by atoms with Crippen LogP contribution in [-0.4, -0.2) is 39.9 Å². The molecule has 0 aliphatic rings. The van der Waals surface area contributed by atoms with Crippen molar-refractivity contribution >= 4 is 0 Å². The van der Waals surface area contributed by atoms with Gasteiger partial charge in [-0.2, -0.15) is 0 Å². The number of hydrogen-bond donors (Lipinski definition) is 0. The summed E-state index contributed by atoms with van der Waals surface area (Å²) < 4.78 is 0. The second-order valence-corrected chi connectivity index (χ2v) is 31.0. The largest absolute Gasteiger partial charge is 0.305 e. The predicted molar refractivity (Wildman–Crippen MR) is 537 cm³/mol. The van der Waals surface area contributed by atoms with Crippen molar-refractivity contribution in [2.45, 2.75) is 60.8 Å². The summed E-state index contributed by atoms with van der Waals surface area (Å²) in [6, 6.07) is 161. The van der Waals surface area contributed by atoms with E-state index in [4.69, 9.17) is 0 Å². The Morgan fingerprint density at radius 2 is 0.507 bits per heavy atom. The van der Waals surface area contributed by atoms with Crippen molar-refractivity contribution < 1.29 is 80.4 Å². The summed E-state index contributed by atoms with van der Waals surface area (Å²) in [5.74, 6) is 1.22. The Morgan fingerprint density at radius 1 is 0.209 bits per heavy atom. The monoisotopic (exact) mass is 2450 g/mol. The van der Waals surface area contributed by atoms with E-state index in [0.29, 0.717) is 11.8 Å². The van der Waals surface area contributed by atoms with E-state index in [9.17, 15) is 0 Å². The van der Waals surface area contributed by atoms with Gasteiger partial charge in [-0.05, 0) is 182 Å². The second kappa shape index (κ2) is 57.0. The quantitative estimate of drug-likeness (QED) is 0.0935. The average Bonchev–Trinajstić information content (AvgIpc) is 0.836. The molecule has 134 heavy (non-hydrogen) atoms. The Labute approximate surface area is 846 Å². The van der Waals surface area contributed by atoms with Gasteiger partial charge in [-0.3, -0.25) is 0 Å². The molecule has 8 heterocycles. The van der Waals surface area contributed by atoms with Gasteiger partial charge in [-0.25, -0.2) is 0 Å². The van der Waals surface area contributed by atoms with Gasteiger partial charge in [0.15, 0.2) is 0 Å². The van der Waals surface area contributed by atoms with Crippen LogP contribution in [0.1, 0.15) is 61.4 Å². The first-order chi connectivity index (χ1) is 63.9. The minimum absolute atomic E-state index is 0. The second-order valence-electron chi connectivity index (χ2n) is 31.0. The van der Waals surface area contributed by atoms with Gasteiger partial charge in [0.25, 0.3) is 0 Å². The van der Waals surface area contributed by atoms with Crippen molar-refractivity contribution in [3.63, 3.8) is 0 Å². The Morgan fingerprint density at radius 3 is 0.806 bits per heavy atom. The number of pyridine rings is 8. The topological polar surface area (TPSA) is 103 Å². The van der Waals surface area contributed by atoms with Crippen LogP contribution in [0.2, 0.25) is 0 Å². The summed E-state index contributed by atoms with van der Waals surface area (Å²) in [6.45, 7) is 15.1. The molecule has 0 N–H and O–H groups in total. The molecule has 0 atom stereocenters. The van der Waals surface area contributed by atoms with E-state index in [2.05, 4.69) is 252 Å². The molecule has 0 spiro atoms. The number of aromatic nitrogens is 8. The van der Waals surface area contributed by atoms with E-state index in [1.807, 2.05) is 335 Å². The van der Waals surface area contributed by atoms with Crippen LogP contribution in [0.3, 0.4) is 0 Å². The molecule has 0 saturated carbocycles. The van der Waals surface area contributed by atoms with Gasteiger partial charge in [0.1, 0.15) is 0 Å². The molecule has 20 rings (SSSR count). The molecular weight excluding hydrogens is 2350 g/mol. The standard InChI is InChI=1S/C21H20N.3C17H12N.C14H14N.C13H12N.C12H10N.C11H8N.4Ir/c1-16(2)14-17-8-10-18(11-9-17)20-12-13-22-21(15-20)19-6-4-3-5-7-19;3*1-3-7-14(8-4-1)16-11-12-18-17(13-16)15-9-5-2-6-10-15;1-11(2)13-8-9-14(15-10-13)12-6-4-3-5-7-12;1-10-8-13(14-9-11(10)2)12-6-4-3-5-7-12;1-10-6-5-9-13-12(10)11-7-3-2-4-8-11;1-2-6-10(7-3-1)11-8-4-5-9-12-11;;;;/h3-6,8-13,15-16H,14H2,1-2H3;3*1-9,11-13H;3-6,8-11H,1-2H3;3-6,8-9H,1-2H3;2-7,9H,1H3;1-6,8-9H;;;;/q8*-1;;;;. The van der Waals surface area contributed by atoms with E-state index in [0.717, 1.165) is 96.5 Å². The molecule has 0 aliphatic heterocycles. The molecule has 0 bridgehead atoms. The molecule has 8 nitrogen and oxygen atoms in total. The van der Waals surface area contributed by atoms with Crippen LogP contribution in [0.25, 0.3) is 135 Å². The molecule has 0 saturated heterocycles. The van der Waals surface area contributed by atoms with Crippen molar-refractivity contribution in [2.75, 3.05) is 0 Å². The minimum atomic E-state index is 0. The number of aryl methyl sites for hydroxylation is 3. The zero-order valence-electron chi connectivity index (χ0n) is 75.6. The fourth-order valence-electron chi connectivity index (χ4n) is 13.6. The first kappa shape index (κ1) is 104. The Balaban J connectivity index is 0.000000172. The third-order valence-corrected chi connectivity index (χ3v) is 20.7. The van der Waals surface area contributed by atoms with Crippen LogP contribution in [-0.2, 0) is 86.8 Å². The van der Waals surface area contributed by atoms with Crippen LogP contribution in [0.5, 0.6) is 0 Å². The van der Waals surface area contributed by atoms with Crippen molar-refractivity contribution in [1.82, 2.24) is 39.9 Å². The van der Waals surface area contributed by atoms with E-state index < -0.39 is 0 Å². The minimum Gasteiger partial charge on any atom is -0.305 e. The van der Waals surface area contributed by atoms with Crippen molar-refractivity contribution in [3.05, 3.63) is 532 Å². The SMILES string of the molecule is CC(C)Cc1ccc(-c2ccnc(-c3[c-]cccc3)c2)cc1.CC(C)c1ccc(-c2[c-]cccc2)nc1.Cc1cccnc1-c1[c-]cccc1.Cc1cnc(-c2[c-]cccc2)cc1C.[Ir].[Ir].[Ir].[Ir].[c-]1ccccc1-c1cc(-c2ccccc2)ccn1.[c-]1ccccc1-c1cc(-c2ccccc2)ccn1.[c-]1ccccc1-c1cc(-c2ccccc2)ccn1.[c-]1ccccc1-c1ccccn1. The van der Waals surface area contributed by atoms with E-state index >= 15 is 0 Å². The first-order valence-electron chi connectivity index (χ1n) is 43.5. The summed E-state index contributed by atoms with van der Waals surface area (Å²) in [7, 11) is 0. The zero-order chi connectivity index (χ0) is 90.0. The maximum absolute atomic E-state index is 4.46. The zero-order valence-corrected chi connectivity index (χ0v) is 85.2. The number of nitrogens with zero attached hydrogens (tertiary/aromatic N) is 8. The molecule has 4 radical (unpaired) electrons. The number of benzene rings is 12. The Kier molecular flexibility index (Phi) is 44.3. The van der Waals surface area contributed by atoms with E-state index in [1.165, 1.54) is 72.3 Å². The van der Waals surface area contributed by atoms with Crippen molar-refractivity contribution in [2.24, 2.45) is 5.92 Å². The molecule has 8 aromatic heterocycles. The molecule has 12 heteroatoms. The fourth-order valence-corrected chi connectivity index (χ4v) is 13.6. The summed E-state index contributed by atoms with van der Waals surface area (Å²) in [5, 5.41) is 0. The Bertz CT molecular complexity index is 6170. The predicted octanol–water partition coefficient (Wildman–Crippen LogP) is 30.3. The molecule has 0 aliphatic carbocycles. The van der Waals surface area contributed by atoms with Gasteiger partial charge in [-0.1, -0.05) is 215 Å². The van der Waals surface area contributed by atoms with Gasteiger partial charge < -0.3 is 39.9 Å². The Hall–Kier alpha value is -13.6. The smallest absolute Gasteiger partial charge is 0.0195 e. The van der Waals surface area contributed by atoms with Gasteiger partial charge in [-0.15, -0.1) is 287 Å². The number of rotatable bonds is 15. The van der Waals surface area contributed by atoms with Gasteiger partial charge in [0.2, 0.25) is 0 Å². The van der Waals surface area contributed by atoms with Crippen LogP contribution in [0, 0.1) is 75.2 Å². The summed E-state index contributed by atoms with van der Waals surface area (Å²) >= 11 is 0. The van der Waals surface area contributed by atoms with Gasteiger partial charge >= 0.3 is 0 Å². The summed E-state index contributed by atoms with van der Waals surface area (Å²) in [5.41, 5.74) is 32.0. The third-order valence-electron chi connectivity index (χ3n) is 20.7. The maximum atomic E-state index is 4.46. The first-order valence-corrected chi connectivity index (χ1v) is 43.5. The molecule has 672 valence electrons. The third kappa shape index (κ3) is 33.0. The summed E-state index contributed by atoms with van der Waals surface area (Å²) in [6.07, 6.45) is 16.0. The molecule has 0 amide bonds. The van der Waals surface area contributed by atoms with E-state index in [1.54, 1.807) is 6.20 Å². The van der Waals surface area contributed by atoms with Crippen LogP contribution < -0.4 is 0 Å². The van der Waals surface area contributed by atoms with Crippen molar-refractivity contribution in [1.29, 1.82) is 0 Å². The molecule has 20 aromatic rings. The van der Waals surface area contributed by atoms with Crippen molar-refractivity contribution in [3.8, 4) is 135 Å². The van der Waals surface area contributed by atoms with Gasteiger partial charge in [0.05, 0.1) is 0 Å². The van der Waals surface area contributed by atoms with Crippen LogP contribution in [0.4, 0.5) is 0 Å². The molecular formula is C122H100Ir4N8-8. The molecule has 12 aromatic carbocycles. The molecule has 0 fully saturated rings. The fraction of sp³-hybridized carbons (Fsp3) is 0.0820. The maximum Gasteiger partial charge on any atom is 0.0195 e.